The number of hydrogen-bond donors (Lipinski definition) is 1. The van der Waals surface area contributed by atoms with E-state index in [1.165, 1.54) is 10.3 Å². The average Bonchev–Trinajstić information content (AvgIpc) is 3.22. The van der Waals surface area contributed by atoms with Gasteiger partial charge in [0.2, 0.25) is 0 Å². The van der Waals surface area contributed by atoms with Gasteiger partial charge in [0.05, 0.1) is 10.2 Å². The van der Waals surface area contributed by atoms with Gasteiger partial charge in [-0.05, 0) is 61.4 Å². The number of amides is 1. The number of anilines is 1. The first kappa shape index (κ1) is 16.5. The summed E-state index contributed by atoms with van der Waals surface area (Å²) in [6.45, 7) is 4.07. The van der Waals surface area contributed by atoms with Crippen molar-refractivity contribution < 1.29 is 4.79 Å². The zero-order chi connectivity index (χ0) is 18.3. The summed E-state index contributed by atoms with van der Waals surface area (Å²) in [5.74, 6) is -0.170. The number of carbonyl (C=O) groups is 1. The Labute approximate surface area is 155 Å². The Morgan fingerprint density at radius 2 is 1.96 bits per heavy atom. The fourth-order valence-electron chi connectivity index (χ4n) is 2.88. The number of nitrogens with zero attached hydrogens (tertiary/aromatic N) is 3. The second-order valence-electron chi connectivity index (χ2n) is 6.31. The topological polar surface area (TPSA) is 59.8 Å². The van der Waals surface area contributed by atoms with Crippen LogP contribution in [0.5, 0.6) is 0 Å². The van der Waals surface area contributed by atoms with Gasteiger partial charge in [0.25, 0.3) is 5.91 Å². The van der Waals surface area contributed by atoms with E-state index in [-0.39, 0.29) is 5.91 Å². The van der Waals surface area contributed by atoms with Gasteiger partial charge >= 0.3 is 0 Å². The maximum absolute atomic E-state index is 12.4. The number of nitrogens with one attached hydrogen (secondary N) is 1. The summed E-state index contributed by atoms with van der Waals surface area (Å²) >= 11 is 1.68. The number of fused-ring (bicyclic) bond motifs is 1. The summed E-state index contributed by atoms with van der Waals surface area (Å²) < 4.78 is 2.74. The largest absolute Gasteiger partial charge is 0.320 e. The molecule has 4 rings (SSSR count). The van der Waals surface area contributed by atoms with Crippen molar-refractivity contribution in [1.82, 2.24) is 14.8 Å². The number of benzene rings is 2. The zero-order valence-corrected chi connectivity index (χ0v) is 15.6. The summed E-state index contributed by atoms with van der Waals surface area (Å²) in [7, 11) is 1.75. The van der Waals surface area contributed by atoms with E-state index < -0.39 is 0 Å². The van der Waals surface area contributed by atoms with Gasteiger partial charge in [0.15, 0.2) is 0 Å². The molecule has 130 valence electrons. The van der Waals surface area contributed by atoms with Gasteiger partial charge in [0, 0.05) is 24.5 Å². The third-order valence-corrected chi connectivity index (χ3v) is 5.39. The Morgan fingerprint density at radius 1 is 1.12 bits per heavy atom. The van der Waals surface area contributed by atoms with Crippen molar-refractivity contribution >= 4 is 33.1 Å². The fourth-order valence-corrected chi connectivity index (χ4v) is 3.94. The second kappa shape index (κ2) is 6.38. The van der Waals surface area contributed by atoms with Gasteiger partial charge < -0.3 is 5.32 Å². The predicted molar refractivity (Wildman–Crippen MR) is 106 cm³/mol. The molecule has 0 unspecified atom stereocenters. The van der Waals surface area contributed by atoms with E-state index >= 15 is 0 Å². The Kier molecular flexibility index (Phi) is 4.05. The first-order valence-electron chi connectivity index (χ1n) is 8.29. The molecule has 0 aliphatic carbocycles. The van der Waals surface area contributed by atoms with E-state index in [0.29, 0.717) is 5.69 Å². The van der Waals surface area contributed by atoms with Gasteiger partial charge in [-0.2, -0.15) is 5.10 Å². The Hall–Kier alpha value is -2.99. The summed E-state index contributed by atoms with van der Waals surface area (Å²) in [5, 5.41) is 7.97. The zero-order valence-electron chi connectivity index (χ0n) is 14.8. The smallest absolute Gasteiger partial charge is 0.273 e. The lowest BCUT2D eigenvalue weighted by molar-refractivity contribution is 0.101. The Morgan fingerprint density at radius 3 is 2.69 bits per heavy atom. The summed E-state index contributed by atoms with van der Waals surface area (Å²) in [5.41, 5.74) is 5.61. The molecule has 0 radical (unpaired) electrons. The van der Waals surface area contributed by atoms with Gasteiger partial charge in [-0.1, -0.05) is 6.07 Å². The maximum atomic E-state index is 12.4. The highest BCUT2D eigenvalue weighted by molar-refractivity contribution is 7.21. The van der Waals surface area contributed by atoms with Crippen molar-refractivity contribution in [3.63, 3.8) is 0 Å². The number of aromatic nitrogens is 3. The van der Waals surface area contributed by atoms with Crippen LogP contribution in [0.15, 0.2) is 48.7 Å². The van der Waals surface area contributed by atoms with E-state index in [9.17, 15) is 4.79 Å². The molecule has 1 N–H and O–H groups in total. The third-order valence-electron chi connectivity index (χ3n) is 4.32. The molecule has 0 aliphatic rings. The molecule has 1 amide bonds. The van der Waals surface area contributed by atoms with E-state index in [1.54, 1.807) is 35.3 Å². The highest BCUT2D eigenvalue weighted by Crippen LogP contribution is 2.32. The monoisotopic (exact) mass is 362 g/mol. The quantitative estimate of drug-likeness (QED) is 0.581. The van der Waals surface area contributed by atoms with Gasteiger partial charge in [-0.3, -0.25) is 9.48 Å². The van der Waals surface area contributed by atoms with Crippen molar-refractivity contribution in [2.45, 2.75) is 13.8 Å². The SMILES string of the molecule is Cc1ccc2nc(-c3ccc(NC(=O)c4ccnn4C)c(C)c3)sc2c1. The van der Waals surface area contributed by atoms with Gasteiger partial charge in [0.1, 0.15) is 10.7 Å². The molecular formula is C20H18N4OS. The lowest BCUT2D eigenvalue weighted by atomic mass is 10.1. The molecule has 0 aliphatic heterocycles. The molecule has 2 heterocycles. The lowest BCUT2D eigenvalue weighted by Gasteiger charge is -2.09. The van der Waals surface area contributed by atoms with Crippen LogP contribution in [0.3, 0.4) is 0 Å². The number of carbonyl (C=O) groups excluding carboxylic acids is 1. The highest BCUT2D eigenvalue weighted by atomic mass is 32.1. The van der Waals surface area contributed by atoms with Crippen molar-refractivity contribution in [2.75, 3.05) is 5.32 Å². The first-order chi connectivity index (χ1) is 12.5. The van der Waals surface area contributed by atoms with Crippen LogP contribution in [-0.2, 0) is 7.05 Å². The molecule has 5 nitrogen and oxygen atoms in total. The molecule has 6 heteroatoms. The van der Waals surface area contributed by atoms with Crippen LogP contribution in [0.25, 0.3) is 20.8 Å². The fraction of sp³-hybridized carbons (Fsp3) is 0.150. The Bertz CT molecular complexity index is 1130. The van der Waals surface area contributed by atoms with E-state index in [1.807, 2.05) is 19.1 Å². The number of aryl methyl sites for hydroxylation is 3. The van der Waals surface area contributed by atoms with Crippen molar-refractivity contribution in [3.05, 3.63) is 65.5 Å². The first-order valence-corrected chi connectivity index (χ1v) is 9.10. The number of rotatable bonds is 3. The molecule has 0 fully saturated rings. The molecular weight excluding hydrogens is 344 g/mol. The molecule has 0 saturated heterocycles. The van der Waals surface area contributed by atoms with Gasteiger partial charge in [-0.15, -0.1) is 11.3 Å². The van der Waals surface area contributed by atoms with Crippen LogP contribution in [0.2, 0.25) is 0 Å². The average molecular weight is 362 g/mol. The van der Waals surface area contributed by atoms with Crippen molar-refractivity contribution in [1.29, 1.82) is 0 Å². The molecule has 26 heavy (non-hydrogen) atoms. The van der Waals surface area contributed by atoms with Crippen LogP contribution >= 0.6 is 11.3 Å². The van der Waals surface area contributed by atoms with Crippen LogP contribution in [0.4, 0.5) is 5.69 Å². The lowest BCUT2D eigenvalue weighted by Crippen LogP contribution is -2.16. The summed E-state index contributed by atoms with van der Waals surface area (Å²) in [6, 6.07) is 14.0. The van der Waals surface area contributed by atoms with E-state index in [0.717, 1.165) is 27.3 Å². The number of hydrogen-bond acceptors (Lipinski definition) is 4. The van der Waals surface area contributed by atoms with Crippen LogP contribution < -0.4 is 5.32 Å². The number of thiazole rings is 1. The van der Waals surface area contributed by atoms with Crippen LogP contribution in [0.1, 0.15) is 21.6 Å². The molecule has 0 saturated carbocycles. The third kappa shape index (κ3) is 2.99. The maximum Gasteiger partial charge on any atom is 0.273 e. The predicted octanol–water partition coefficient (Wildman–Crippen LogP) is 4.57. The van der Waals surface area contributed by atoms with E-state index in [4.69, 9.17) is 4.98 Å². The van der Waals surface area contributed by atoms with Crippen LogP contribution in [-0.4, -0.2) is 20.7 Å². The van der Waals surface area contributed by atoms with Crippen LogP contribution in [0, 0.1) is 13.8 Å². The molecule has 2 aromatic carbocycles. The minimum Gasteiger partial charge on any atom is -0.320 e. The standard InChI is InChI=1S/C20H18N4OS/c1-12-4-6-16-18(10-12)26-20(23-16)14-5-7-15(13(2)11-14)22-19(25)17-8-9-21-24(17)3/h4-11H,1-3H3,(H,22,25). The van der Waals surface area contributed by atoms with Gasteiger partial charge in [-0.25, -0.2) is 4.98 Å². The molecule has 0 bridgehead atoms. The van der Waals surface area contributed by atoms with E-state index in [2.05, 4.69) is 41.6 Å². The molecule has 0 spiro atoms. The normalized spacial score (nSPS) is 11.0. The molecule has 0 atom stereocenters. The molecule has 2 aromatic heterocycles. The minimum absolute atomic E-state index is 0.170. The minimum atomic E-state index is -0.170. The second-order valence-corrected chi connectivity index (χ2v) is 7.34. The summed E-state index contributed by atoms with van der Waals surface area (Å²) in [6.07, 6.45) is 1.61. The highest BCUT2D eigenvalue weighted by Gasteiger charge is 2.13. The molecule has 4 aromatic rings. The Balaban J connectivity index is 1.62. The van der Waals surface area contributed by atoms with Crippen molar-refractivity contribution in [2.24, 2.45) is 7.05 Å². The summed E-state index contributed by atoms with van der Waals surface area (Å²) in [4.78, 5) is 17.1. The van der Waals surface area contributed by atoms with Crippen molar-refractivity contribution in [3.8, 4) is 10.6 Å².